The van der Waals surface area contributed by atoms with Gasteiger partial charge in [-0.25, -0.2) is 4.79 Å². The standard InChI is InChI=1S/C19H24N6O2.C3H7NO/c1-12-6-8-14(9-7-12)25-15-16(22(2)19(27)23(3)17(15)26)21-18(25)24-10-4-5-13(20)11-24;1-4(2)3-5/h6-9,13H,4-5,10-11,20H2,1-3H3;3H,1-2H3. The Bertz CT molecular complexity index is 1220. The van der Waals surface area contributed by atoms with Crippen LogP contribution in [0.4, 0.5) is 5.95 Å². The molecule has 1 amide bonds. The summed E-state index contributed by atoms with van der Waals surface area (Å²) in [7, 11) is 6.51. The van der Waals surface area contributed by atoms with E-state index in [-0.39, 0.29) is 17.3 Å². The maximum Gasteiger partial charge on any atom is 0.332 e. The predicted octanol–water partition coefficient (Wildman–Crippen LogP) is 0.363. The first kappa shape index (κ1) is 23.3. The zero-order valence-corrected chi connectivity index (χ0v) is 19.3. The fourth-order valence-corrected chi connectivity index (χ4v) is 3.73. The summed E-state index contributed by atoms with van der Waals surface area (Å²) < 4.78 is 4.41. The summed E-state index contributed by atoms with van der Waals surface area (Å²) in [5, 5.41) is 0. The number of hydrogen-bond acceptors (Lipinski definition) is 6. The van der Waals surface area contributed by atoms with Gasteiger partial charge in [0.25, 0.3) is 5.56 Å². The number of carbonyl (C=O) groups is 1. The average molecular weight is 442 g/mol. The first-order chi connectivity index (χ1) is 15.1. The lowest BCUT2D eigenvalue weighted by molar-refractivity contribution is -0.115. The number of hydrogen-bond donors (Lipinski definition) is 1. The van der Waals surface area contributed by atoms with Crippen LogP contribution >= 0.6 is 0 Å². The molecule has 1 aromatic carbocycles. The van der Waals surface area contributed by atoms with Crippen molar-refractivity contribution in [3.8, 4) is 5.69 Å². The highest BCUT2D eigenvalue weighted by Gasteiger charge is 2.26. The summed E-state index contributed by atoms with van der Waals surface area (Å²) in [4.78, 5) is 43.0. The summed E-state index contributed by atoms with van der Waals surface area (Å²) in [5.74, 6) is 0.655. The van der Waals surface area contributed by atoms with Gasteiger partial charge in [0.05, 0.1) is 0 Å². The molecular weight excluding hydrogens is 410 g/mol. The molecule has 1 aliphatic rings. The van der Waals surface area contributed by atoms with Gasteiger partial charge in [0, 0.05) is 53.0 Å². The van der Waals surface area contributed by atoms with Crippen LogP contribution in [0.2, 0.25) is 0 Å². The number of imidazole rings is 1. The molecule has 0 saturated carbocycles. The maximum absolute atomic E-state index is 13.0. The first-order valence-electron chi connectivity index (χ1n) is 10.5. The summed E-state index contributed by atoms with van der Waals surface area (Å²) in [6.45, 7) is 3.50. The number of nitrogens with zero attached hydrogens (tertiary/aromatic N) is 6. The van der Waals surface area contributed by atoms with Crippen molar-refractivity contribution in [1.29, 1.82) is 0 Å². The average Bonchev–Trinajstić information content (AvgIpc) is 3.18. The maximum atomic E-state index is 13.0. The number of amides is 1. The van der Waals surface area contributed by atoms with Crippen LogP contribution in [0.1, 0.15) is 18.4 Å². The summed E-state index contributed by atoms with van der Waals surface area (Å²) in [6, 6.07) is 8.00. The Balaban J connectivity index is 0.000000523. The van der Waals surface area contributed by atoms with E-state index in [1.54, 1.807) is 21.1 Å². The van der Waals surface area contributed by atoms with Gasteiger partial charge in [0.15, 0.2) is 11.2 Å². The van der Waals surface area contributed by atoms with Gasteiger partial charge in [0.1, 0.15) is 0 Å². The quantitative estimate of drug-likeness (QED) is 0.588. The fourth-order valence-electron chi connectivity index (χ4n) is 3.73. The topological polar surface area (TPSA) is 111 Å². The van der Waals surface area contributed by atoms with Crippen LogP contribution in [-0.4, -0.2) is 63.2 Å². The van der Waals surface area contributed by atoms with Crippen LogP contribution in [0.25, 0.3) is 16.9 Å². The van der Waals surface area contributed by atoms with E-state index in [0.29, 0.717) is 23.7 Å². The second-order valence-electron chi connectivity index (χ2n) is 8.38. The second-order valence-corrected chi connectivity index (χ2v) is 8.38. The van der Waals surface area contributed by atoms with E-state index in [4.69, 9.17) is 10.7 Å². The van der Waals surface area contributed by atoms with Crippen LogP contribution in [0.3, 0.4) is 0 Å². The molecule has 0 bridgehead atoms. The first-order valence-corrected chi connectivity index (χ1v) is 10.5. The van der Waals surface area contributed by atoms with Gasteiger partial charge in [-0.05, 0) is 31.9 Å². The molecule has 0 aliphatic carbocycles. The van der Waals surface area contributed by atoms with Crippen molar-refractivity contribution in [2.24, 2.45) is 19.8 Å². The van der Waals surface area contributed by atoms with Gasteiger partial charge in [-0.15, -0.1) is 0 Å². The molecule has 3 heterocycles. The van der Waals surface area contributed by atoms with Crippen molar-refractivity contribution < 1.29 is 4.79 Å². The molecule has 1 aliphatic heterocycles. The van der Waals surface area contributed by atoms with Crippen molar-refractivity contribution in [2.75, 3.05) is 32.1 Å². The minimum absolute atomic E-state index is 0.0664. The molecular formula is C22H31N7O3. The van der Waals surface area contributed by atoms with E-state index < -0.39 is 0 Å². The molecule has 10 heteroatoms. The Morgan fingerprint density at radius 1 is 1.12 bits per heavy atom. The van der Waals surface area contributed by atoms with Gasteiger partial charge in [-0.1, -0.05) is 17.7 Å². The highest BCUT2D eigenvalue weighted by Crippen LogP contribution is 2.27. The Morgan fingerprint density at radius 3 is 2.31 bits per heavy atom. The number of benzene rings is 1. The van der Waals surface area contributed by atoms with E-state index in [9.17, 15) is 14.4 Å². The van der Waals surface area contributed by atoms with E-state index in [2.05, 4.69) is 4.90 Å². The number of fused-ring (bicyclic) bond motifs is 1. The minimum Gasteiger partial charge on any atom is -0.351 e. The lowest BCUT2D eigenvalue weighted by Gasteiger charge is -2.31. The third-order valence-corrected chi connectivity index (χ3v) is 5.48. The van der Waals surface area contributed by atoms with Crippen LogP contribution in [-0.2, 0) is 18.9 Å². The molecule has 4 rings (SSSR count). The molecule has 1 fully saturated rings. The predicted molar refractivity (Wildman–Crippen MR) is 125 cm³/mol. The number of aromatic nitrogens is 4. The number of carbonyl (C=O) groups excluding carboxylic acids is 1. The van der Waals surface area contributed by atoms with Gasteiger partial charge in [-0.3, -0.25) is 23.3 Å². The zero-order chi connectivity index (χ0) is 23.6. The SMILES string of the molecule is CN(C)C=O.Cc1ccc(-n2c(N3CCCC(N)C3)nc3c2c(=O)n(C)c(=O)n3C)cc1. The minimum atomic E-state index is -0.386. The molecule has 1 saturated heterocycles. The Morgan fingerprint density at radius 2 is 1.75 bits per heavy atom. The second kappa shape index (κ2) is 9.39. The fraction of sp³-hybridized carbons (Fsp3) is 0.455. The molecule has 1 atom stereocenters. The lowest BCUT2D eigenvalue weighted by atomic mass is 10.1. The van der Waals surface area contributed by atoms with Gasteiger partial charge in [0.2, 0.25) is 12.4 Å². The van der Waals surface area contributed by atoms with Gasteiger partial charge >= 0.3 is 5.69 Å². The Hall–Kier alpha value is -3.40. The van der Waals surface area contributed by atoms with Gasteiger partial charge < -0.3 is 15.5 Å². The normalized spacial score (nSPS) is 15.9. The smallest absolute Gasteiger partial charge is 0.332 e. The summed E-state index contributed by atoms with van der Waals surface area (Å²) in [6.07, 6.45) is 2.69. The van der Waals surface area contributed by atoms with Crippen LogP contribution in [0.5, 0.6) is 0 Å². The molecule has 10 nitrogen and oxygen atoms in total. The molecule has 32 heavy (non-hydrogen) atoms. The molecule has 0 spiro atoms. The highest BCUT2D eigenvalue weighted by atomic mass is 16.2. The largest absolute Gasteiger partial charge is 0.351 e. The monoisotopic (exact) mass is 441 g/mol. The Kier molecular flexibility index (Phi) is 6.83. The van der Waals surface area contributed by atoms with E-state index in [1.165, 1.54) is 16.5 Å². The number of nitrogens with two attached hydrogens (primary N) is 1. The molecule has 2 N–H and O–H groups in total. The number of aryl methyl sites for hydroxylation is 2. The van der Waals surface area contributed by atoms with Crippen LogP contribution in [0, 0.1) is 6.92 Å². The molecule has 1 unspecified atom stereocenters. The molecule has 172 valence electrons. The van der Waals surface area contributed by atoms with Crippen LogP contribution in [0.15, 0.2) is 33.9 Å². The summed E-state index contributed by atoms with van der Waals surface area (Å²) >= 11 is 0. The van der Waals surface area contributed by atoms with E-state index in [0.717, 1.165) is 41.6 Å². The number of anilines is 1. The van der Waals surface area contributed by atoms with Crippen molar-refractivity contribution >= 4 is 23.5 Å². The van der Waals surface area contributed by atoms with Crippen molar-refractivity contribution in [1.82, 2.24) is 23.6 Å². The number of rotatable bonds is 3. The Labute approximate surface area is 186 Å². The van der Waals surface area contributed by atoms with Crippen molar-refractivity contribution in [2.45, 2.75) is 25.8 Å². The molecule has 3 aromatic rings. The lowest BCUT2D eigenvalue weighted by Crippen LogP contribution is -2.44. The van der Waals surface area contributed by atoms with E-state index in [1.807, 2.05) is 35.8 Å². The highest BCUT2D eigenvalue weighted by molar-refractivity contribution is 5.77. The molecule has 0 radical (unpaired) electrons. The third-order valence-electron chi connectivity index (χ3n) is 5.48. The third kappa shape index (κ3) is 4.45. The molecule has 2 aromatic heterocycles. The zero-order valence-electron chi connectivity index (χ0n) is 19.3. The van der Waals surface area contributed by atoms with Crippen molar-refractivity contribution in [3.63, 3.8) is 0 Å². The summed E-state index contributed by atoms with van der Waals surface area (Å²) in [5.41, 5.74) is 8.19. The van der Waals surface area contributed by atoms with Gasteiger partial charge in [-0.2, -0.15) is 4.98 Å². The van der Waals surface area contributed by atoms with E-state index >= 15 is 0 Å². The van der Waals surface area contributed by atoms with Crippen molar-refractivity contribution in [3.05, 3.63) is 50.7 Å². The number of piperidine rings is 1. The van der Waals surface area contributed by atoms with Crippen LogP contribution < -0.4 is 21.9 Å².